The van der Waals surface area contributed by atoms with Gasteiger partial charge < -0.3 is 10.1 Å². The van der Waals surface area contributed by atoms with Gasteiger partial charge in [0.2, 0.25) is 0 Å². The molecule has 2 saturated heterocycles. The van der Waals surface area contributed by atoms with Gasteiger partial charge in [-0.15, -0.1) is 0 Å². The Kier molecular flexibility index (Phi) is 2.10. The first-order valence-corrected chi connectivity index (χ1v) is 5.94. The molecule has 2 heterocycles. The highest BCUT2D eigenvalue weighted by Crippen LogP contribution is 2.19. The van der Waals surface area contributed by atoms with Crippen molar-refractivity contribution < 1.29 is 13.2 Å². The SMILES string of the molecule is O=S1(=O)CCN[C@@H]2CCOC[C@@H]21. The van der Waals surface area contributed by atoms with E-state index in [1.165, 1.54) is 0 Å². The molecule has 2 fully saturated rings. The van der Waals surface area contributed by atoms with Crippen molar-refractivity contribution in [2.75, 3.05) is 25.5 Å². The van der Waals surface area contributed by atoms with Crippen LogP contribution in [0.5, 0.6) is 0 Å². The largest absolute Gasteiger partial charge is 0.380 e. The summed E-state index contributed by atoms with van der Waals surface area (Å²) in [6.45, 7) is 1.66. The fourth-order valence-corrected chi connectivity index (χ4v) is 3.58. The van der Waals surface area contributed by atoms with E-state index >= 15 is 0 Å². The minimum absolute atomic E-state index is 0.137. The van der Waals surface area contributed by atoms with Crippen molar-refractivity contribution in [3.63, 3.8) is 0 Å². The molecule has 0 amide bonds. The molecule has 0 bridgehead atoms. The first-order valence-electron chi connectivity index (χ1n) is 4.23. The minimum atomic E-state index is -2.87. The second kappa shape index (κ2) is 2.97. The molecule has 2 atom stereocenters. The summed E-state index contributed by atoms with van der Waals surface area (Å²) in [6.07, 6.45) is 0.823. The van der Waals surface area contributed by atoms with Gasteiger partial charge in [0.25, 0.3) is 0 Å². The Morgan fingerprint density at radius 1 is 1.42 bits per heavy atom. The number of hydrogen-bond donors (Lipinski definition) is 1. The van der Waals surface area contributed by atoms with Gasteiger partial charge in [0.1, 0.15) is 5.25 Å². The van der Waals surface area contributed by atoms with Gasteiger partial charge in [0.15, 0.2) is 9.84 Å². The first kappa shape index (κ1) is 8.47. The summed E-state index contributed by atoms with van der Waals surface area (Å²) in [4.78, 5) is 0. The Balaban J connectivity index is 2.20. The number of nitrogens with one attached hydrogen (secondary N) is 1. The monoisotopic (exact) mass is 191 g/mol. The Morgan fingerprint density at radius 2 is 2.25 bits per heavy atom. The van der Waals surface area contributed by atoms with Crippen LogP contribution in [-0.2, 0) is 14.6 Å². The average Bonchev–Trinajstić information content (AvgIpc) is 2.04. The number of rotatable bonds is 0. The molecule has 0 radical (unpaired) electrons. The zero-order chi connectivity index (χ0) is 8.60. The van der Waals surface area contributed by atoms with E-state index in [1.54, 1.807) is 0 Å². The molecule has 70 valence electrons. The van der Waals surface area contributed by atoms with Crippen molar-refractivity contribution in [3.8, 4) is 0 Å². The van der Waals surface area contributed by atoms with Crippen LogP contribution in [0.15, 0.2) is 0 Å². The molecule has 0 aromatic rings. The Hall–Kier alpha value is -0.130. The lowest BCUT2D eigenvalue weighted by atomic mass is 10.1. The van der Waals surface area contributed by atoms with Gasteiger partial charge in [-0.1, -0.05) is 0 Å². The van der Waals surface area contributed by atoms with Gasteiger partial charge in [-0.3, -0.25) is 0 Å². The lowest BCUT2D eigenvalue weighted by Crippen LogP contribution is -2.56. The summed E-state index contributed by atoms with van der Waals surface area (Å²) in [5, 5.41) is 2.93. The van der Waals surface area contributed by atoms with E-state index in [9.17, 15) is 8.42 Å². The van der Waals surface area contributed by atoms with Crippen LogP contribution < -0.4 is 5.32 Å². The maximum atomic E-state index is 11.5. The topological polar surface area (TPSA) is 55.4 Å². The van der Waals surface area contributed by atoms with Crippen molar-refractivity contribution in [1.82, 2.24) is 5.32 Å². The third kappa shape index (κ3) is 1.36. The molecule has 0 spiro atoms. The van der Waals surface area contributed by atoms with Crippen LogP contribution in [0, 0.1) is 0 Å². The second-order valence-corrected chi connectivity index (χ2v) is 5.67. The molecule has 5 heteroatoms. The lowest BCUT2D eigenvalue weighted by molar-refractivity contribution is 0.0791. The summed E-state index contributed by atoms with van der Waals surface area (Å²) >= 11 is 0. The fraction of sp³-hybridized carbons (Fsp3) is 1.00. The van der Waals surface area contributed by atoms with E-state index in [0.29, 0.717) is 19.8 Å². The highest BCUT2D eigenvalue weighted by Gasteiger charge is 2.38. The summed E-state index contributed by atoms with van der Waals surface area (Å²) in [5.41, 5.74) is 0. The van der Waals surface area contributed by atoms with Crippen LogP contribution >= 0.6 is 0 Å². The van der Waals surface area contributed by atoms with E-state index in [-0.39, 0.29) is 17.0 Å². The quantitative estimate of drug-likeness (QED) is 0.542. The van der Waals surface area contributed by atoms with Crippen LogP contribution in [0.25, 0.3) is 0 Å². The summed E-state index contributed by atoms with van der Waals surface area (Å²) in [7, 11) is -2.87. The van der Waals surface area contributed by atoms with Crippen LogP contribution in [0.4, 0.5) is 0 Å². The van der Waals surface area contributed by atoms with Crippen LogP contribution in [-0.4, -0.2) is 45.2 Å². The number of fused-ring (bicyclic) bond motifs is 1. The zero-order valence-electron chi connectivity index (χ0n) is 6.82. The highest BCUT2D eigenvalue weighted by molar-refractivity contribution is 7.92. The average molecular weight is 191 g/mol. The van der Waals surface area contributed by atoms with Gasteiger partial charge in [-0.25, -0.2) is 8.42 Å². The molecule has 0 aromatic heterocycles. The summed E-state index contributed by atoms with van der Waals surface area (Å²) < 4.78 is 28.1. The van der Waals surface area contributed by atoms with E-state index in [0.717, 1.165) is 6.42 Å². The molecule has 4 nitrogen and oxygen atoms in total. The molecule has 0 unspecified atom stereocenters. The number of hydrogen-bond acceptors (Lipinski definition) is 4. The first-order chi connectivity index (χ1) is 5.70. The molecule has 0 saturated carbocycles. The van der Waals surface area contributed by atoms with Crippen LogP contribution in [0.3, 0.4) is 0 Å². The molecule has 12 heavy (non-hydrogen) atoms. The molecule has 1 N–H and O–H groups in total. The summed E-state index contributed by atoms with van der Waals surface area (Å²) in [5.74, 6) is 0.261. The van der Waals surface area contributed by atoms with E-state index < -0.39 is 9.84 Å². The van der Waals surface area contributed by atoms with Crippen molar-refractivity contribution in [2.24, 2.45) is 0 Å². The smallest absolute Gasteiger partial charge is 0.158 e. The summed E-state index contributed by atoms with van der Waals surface area (Å²) in [6, 6.07) is 0.137. The van der Waals surface area contributed by atoms with Gasteiger partial charge in [0, 0.05) is 19.2 Å². The van der Waals surface area contributed by atoms with E-state index in [1.807, 2.05) is 0 Å². The van der Waals surface area contributed by atoms with E-state index in [2.05, 4.69) is 5.32 Å². The minimum Gasteiger partial charge on any atom is -0.380 e. The standard InChI is InChI=1S/C7H13NO3S/c9-12(10)4-2-8-6-1-3-11-5-7(6)12/h6-8H,1-5H2/t6-,7+/m1/s1. The van der Waals surface area contributed by atoms with Gasteiger partial charge in [-0.2, -0.15) is 0 Å². The normalized spacial score (nSPS) is 40.3. The molecule has 2 rings (SSSR count). The van der Waals surface area contributed by atoms with Crippen LogP contribution in [0.1, 0.15) is 6.42 Å². The maximum absolute atomic E-state index is 11.5. The predicted octanol–water partition coefficient (Wildman–Crippen LogP) is -0.838. The third-order valence-electron chi connectivity index (χ3n) is 2.56. The van der Waals surface area contributed by atoms with E-state index in [4.69, 9.17) is 4.74 Å². The Bertz CT molecular complexity index is 260. The number of ether oxygens (including phenoxy) is 1. The van der Waals surface area contributed by atoms with Crippen molar-refractivity contribution >= 4 is 9.84 Å². The Labute approximate surface area is 72.2 Å². The molecule has 2 aliphatic rings. The zero-order valence-corrected chi connectivity index (χ0v) is 7.64. The lowest BCUT2D eigenvalue weighted by Gasteiger charge is -2.35. The van der Waals surface area contributed by atoms with Crippen molar-refractivity contribution in [3.05, 3.63) is 0 Å². The van der Waals surface area contributed by atoms with Crippen molar-refractivity contribution in [2.45, 2.75) is 17.7 Å². The predicted molar refractivity (Wildman–Crippen MR) is 44.8 cm³/mol. The van der Waals surface area contributed by atoms with Crippen molar-refractivity contribution in [1.29, 1.82) is 0 Å². The van der Waals surface area contributed by atoms with Crippen LogP contribution in [0.2, 0.25) is 0 Å². The molecule has 0 aromatic carbocycles. The molecule has 2 aliphatic heterocycles. The number of sulfone groups is 1. The fourth-order valence-electron chi connectivity index (χ4n) is 1.84. The third-order valence-corrected chi connectivity index (χ3v) is 4.72. The van der Waals surface area contributed by atoms with Gasteiger partial charge >= 0.3 is 0 Å². The molecule has 0 aliphatic carbocycles. The Morgan fingerprint density at radius 3 is 3.00 bits per heavy atom. The highest BCUT2D eigenvalue weighted by atomic mass is 32.2. The van der Waals surface area contributed by atoms with Gasteiger partial charge in [0.05, 0.1) is 12.4 Å². The second-order valence-electron chi connectivity index (χ2n) is 3.33. The molecular formula is C7H13NO3S. The van der Waals surface area contributed by atoms with Gasteiger partial charge in [-0.05, 0) is 6.42 Å². The maximum Gasteiger partial charge on any atom is 0.158 e. The molecular weight excluding hydrogens is 178 g/mol.